The molecule has 1 aromatic carbocycles. The van der Waals surface area contributed by atoms with E-state index in [9.17, 15) is 8.42 Å². The number of hydrogen-bond donors (Lipinski definition) is 1. The zero-order chi connectivity index (χ0) is 13.2. The van der Waals surface area contributed by atoms with Gasteiger partial charge in [-0.05, 0) is 41.1 Å². The Labute approximate surface area is 114 Å². The van der Waals surface area contributed by atoms with Gasteiger partial charge in [0.1, 0.15) is 4.90 Å². The van der Waals surface area contributed by atoms with Gasteiger partial charge in [-0.1, -0.05) is 17.7 Å². The van der Waals surface area contributed by atoms with Crippen molar-refractivity contribution in [1.29, 1.82) is 0 Å². The van der Waals surface area contributed by atoms with Gasteiger partial charge in [0.25, 0.3) is 10.0 Å². The minimum Gasteiger partial charge on any atom is -0.280 e. The molecule has 0 aliphatic heterocycles. The van der Waals surface area contributed by atoms with Gasteiger partial charge in [-0.3, -0.25) is 9.71 Å². The van der Waals surface area contributed by atoms with Crippen LogP contribution in [-0.4, -0.2) is 13.4 Å². The van der Waals surface area contributed by atoms with Crippen LogP contribution in [0.4, 0.5) is 5.69 Å². The van der Waals surface area contributed by atoms with Crippen molar-refractivity contribution in [2.75, 3.05) is 4.72 Å². The molecule has 0 amide bonds. The second-order valence-electron chi connectivity index (χ2n) is 3.81. The van der Waals surface area contributed by atoms with Gasteiger partial charge in [0.2, 0.25) is 0 Å². The summed E-state index contributed by atoms with van der Waals surface area (Å²) >= 11 is 3.19. The number of nitrogens with zero attached hydrogens (tertiary/aromatic N) is 1. The Morgan fingerprint density at radius 3 is 2.44 bits per heavy atom. The number of halogens is 1. The average Bonchev–Trinajstić information content (AvgIpc) is 2.32. The number of benzene rings is 1. The van der Waals surface area contributed by atoms with Crippen molar-refractivity contribution in [2.24, 2.45) is 0 Å². The fraction of sp³-hybridized carbons (Fsp3) is 0.0833. The van der Waals surface area contributed by atoms with Gasteiger partial charge in [0.15, 0.2) is 0 Å². The van der Waals surface area contributed by atoms with E-state index in [-0.39, 0.29) is 4.90 Å². The van der Waals surface area contributed by atoms with Gasteiger partial charge in [-0.25, -0.2) is 8.42 Å². The fourth-order valence-corrected chi connectivity index (χ4v) is 2.94. The van der Waals surface area contributed by atoms with Crippen LogP contribution in [0.2, 0.25) is 0 Å². The third-order valence-corrected chi connectivity index (χ3v) is 4.08. The summed E-state index contributed by atoms with van der Waals surface area (Å²) in [6, 6.07) is 8.63. The number of rotatable bonds is 3. The van der Waals surface area contributed by atoms with Crippen LogP contribution < -0.4 is 4.72 Å². The summed E-state index contributed by atoms with van der Waals surface area (Å²) in [4.78, 5) is 3.96. The summed E-state index contributed by atoms with van der Waals surface area (Å²) in [6.45, 7) is 1.94. The molecule has 0 saturated carbocycles. The van der Waals surface area contributed by atoms with E-state index >= 15 is 0 Å². The number of hydrogen-bond acceptors (Lipinski definition) is 3. The Balaban J connectivity index is 2.30. The van der Waals surface area contributed by atoms with Crippen molar-refractivity contribution in [1.82, 2.24) is 4.98 Å². The summed E-state index contributed by atoms with van der Waals surface area (Å²) in [5, 5.41) is 0. The third kappa shape index (κ3) is 3.08. The zero-order valence-corrected chi connectivity index (χ0v) is 12.0. The highest BCUT2D eigenvalue weighted by atomic mass is 79.9. The van der Waals surface area contributed by atoms with E-state index in [0.29, 0.717) is 10.2 Å². The predicted molar refractivity (Wildman–Crippen MR) is 73.9 cm³/mol. The first-order valence-corrected chi connectivity index (χ1v) is 7.45. The molecule has 1 aromatic heterocycles. The molecule has 94 valence electrons. The summed E-state index contributed by atoms with van der Waals surface area (Å²) in [5.74, 6) is 0. The molecule has 18 heavy (non-hydrogen) atoms. The number of anilines is 1. The van der Waals surface area contributed by atoms with E-state index < -0.39 is 10.0 Å². The molecule has 0 saturated heterocycles. The average molecular weight is 327 g/mol. The van der Waals surface area contributed by atoms with Gasteiger partial charge in [0.05, 0.1) is 0 Å². The molecule has 0 aliphatic rings. The molecule has 0 atom stereocenters. The molecule has 0 unspecified atom stereocenters. The molecule has 0 aliphatic carbocycles. The molecule has 4 nitrogen and oxygen atoms in total. The minimum absolute atomic E-state index is 0.123. The molecular formula is C12H11BrN2O2S. The smallest absolute Gasteiger partial charge is 0.263 e. The van der Waals surface area contributed by atoms with E-state index in [4.69, 9.17) is 0 Å². The van der Waals surface area contributed by atoms with Gasteiger partial charge < -0.3 is 0 Å². The Bertz CT molecular complexity index is 654. The molecule has 0 bridgehead atoms. The molecular weight excluding hydrogens is 316 g/mol. The Morgan fingerprint density at radius 2 is 1.83 bits per heavy atom. The predicted octanol–water partition coefficient (Wildman–Crippen LogP) is 2.95. The second-order valence-corrected chi connectivity index (χ2v) is 6.41. The van der Waals surface area contributed by atoms with Crippen molar-refractivity contribution >= 4 is 31.6 Å². The van der Waals surface area contributed by atoms with Crippen LogP contribution in [-0.2, 0) is 10.0 Å². The Morgan fingerprint density at radius 1 is 1.17 bits per heavy atom. The Hall–Kier alpha value is -1.40. The molecule has 6 heteroatoms. The van der Waals surface area contributed by atoms with Gasteiger partial charge in [-0.2, -0.15) is 0 Å². The highest BCUT2D eigenvalue weighted by Crippen LogP contribution is 2.18. The SMILES string of the molecule is Cc1ccc(NS(=O)(=O)c2cncc(Br)c2)cc1. The Kier molecular flexibility index (Phi) is 3.68. The lowest BCUT2D eigenvalue weighted by Gasteiger charge is -2.08. The highest BCUT2D eigenvalue weighted by molar-refractivity contribution is 9.10. The molecule has 0 radical (unpaired) electrons. The quantitative estimate of drug-likeness (QED) is 0.943. The van der Waals surface area contributed by atoms with Crippen LogP contribution in [0, 0.1) is 6.92 Å². The topological polar surface area (TPSA) is 59.1 Å². The fourth-order valence-electron chi connectivity index (χ4n) is 1.38. The molecule has 0 spiro atoms. The van der Waals surface area contributed by atoms with E-state index in [0.717, 1.165) is 5.56 Å². The first-order valence-electron chi connectivity index (χ1n) is 5.17. The summed E-state index contributed by atoms with van der Waals surface area (Å²) in [5.41, 5.74) is 1.60. The zero-order valence-electron chi connectivity index (χ0n) is 9.59. The second kappa shape index (κ2) is 5.07. The maximum atomic E-state index is 12.1. The van der Waals surface area contributed by atoms with Crippen LogP contribution in [0.15, 0.2) is 52.1 Å². The molecule has 0 fully saturated rings. The lowest BCUT2D eigenvalue weighted by Crippen LogP contribution is -2.13. The first-order chi connectivity index (χ1) is 8.47. The van der Waals surface area contributed by atoms with E-state index in [1.54, 1.807) is 12.1 Å². The minimum atomic E-state index is -3.59. The maximum absolute atomic E-state index is 12.1. The summed E-state index contributed by atoms with van der Waals surface area (Å²) in [6.07, 6.45) is 2.84. The van der Waals surface area contributed by atoms with Crippen LogP contribution >= 0.6 is 15.9 Å². The van der Waals surface area contributed by atoms with Crippen molar-refractivity contribution in [3.63, 3.8) is 0 Å². The highest BCUT2D eigenvalue weighted by Gasteiger charge is 2.14. The number of sulfonamides is 1. The van der Waals surface area contributed by atoms with E-state index in [1.807, 2.05) is 19.1 Å². The van der Waals surface area contributed by atoms with Gasteiger partial charge in [-0.15, -0.1) is 0 Å². The van der Waals surface area contributed by atoms with Crippen LogP contribution in [0.1, 0.15) is 5.56 Å². The van der Waals surface area contributed by atoms with Crippen molar-refractivity contribution < 1.29 is 8.42 Å². The summed E-state index contributed by atoms with van der Waals surface area (Å²) in [7, 11) is -3.59. The first kappa shape index (κ1) is 13.0. The van der Waals surface area contributed by atoms with Crippen LogP contribution in [0.5, 0.6) is 0 Å². The van der Waals surface area contributed by atoms with Gasteiger partial charge >= 0.3 is 0 Å². The standard InChI is InChI=1S/C12H11BrN2O2S/c1-9-2-4-11(5-3-9)15-18(16,17)12-6-10(13)7-14-8-12/h2-8,15H,1H3. The third-order valence-electron chi connectivity index (χ3n) is 2.29. The van der Waals surface area contributed by atoms with Crippen molar-refractivity contribution in [3.05, 3.63) is 52.8 Å². The van der Waals surface area contributed by atoms with Crippen molar-refractivity contribution in [2.45, 2.75) is 11.8 Å². The monoisotopic (exact) mass is 326 g/mol. The molecule has 2 aromatic rings. The van der Waals surface area contributed by atoms with Gasteiger partial charge in [0, 0.05) is 22.6 Å². The van der Waals surface area contributed by atoms with E-state index in [2.05, 4.69) is 25.6 Å². The van der Waals surface area contributed by atoms with Crippen molar-refractivity contribution in [3.8, 4) is 0 Å². The van der Waals surface area contributed by atoms with Crippen LogP contribution in [0.25, 0.3) is 0 Å². The molecule has 1 N–H and O–H groups in total. The number of aromatic nitrogens is 1. The number of nitrogens with one attached hydrogen (secondary N) is 1. The number of aryl methyl sites for hydroxylation is 1. The molecule has 2 rings (SSSR count). The van der Waals surface area contributed by atoms with E-state index in [1.165, 1.54) is 18.5 Å². The number of pyridine rings is 1. The normalized spacial score (nSPS) is 11.2. The summed E-state index contributed by atoms with van der Waals surface area (Å²) < 4.78 is 27.3. The largest absolute Gasteiger partial charge is 0.280 e. The molecule has 1 heterocycles. The lowest BCUT2D eigenvalue weighted by atomic mass is 10.2. The lowest BCUT2D eigenvalue weighted by molar-refractivity contribution is 0.600. The maximum Gasteiger partial charge on any atom is 0.263 e. The van der Waals surface area contributed by atoms with Crippen LogP contribution in [0.3, 0.4) is 0 Å².